The van der Waals surface area contributed by atoms with Gasteiger partial charge in [0.25, 0.3) is 0 Å². The molecule has 10 aromatic carbocycles. The highest BCUT2D eigenvalue weighted by Gasteiger charge is 2.32. The third-order valence-corrected chi connectivity index (χ3v) is 17.2. The second-order valence-electron chi connectivity index (χ2n) is 22.6. The highest BCUT2D eigenvalue weighted by atomic mass is 19.2. The SMILES string of the molecule is N#Cc1c(-n2c3ccc(-c4cccc(-c5ccccc5)n4)cc3c3cc(-c4cccc(-c5ccccc5)n4)ccc32)ccc(-c2c(F)c(F)c(F)c(F)c2F)c1-n1c2ccc(-c3cccc(-c4ccccc4)n3)cc2c2cc(-c3cccc(-c4ccccc4)n3)ccc21. The predicted octanol–water partition coefficient (Wildman–Crippen LogP) is 21.0. The highest BCUT2D eigenvalue weighted by molar-refractivity contribution is 6.14. The Morgan fingerprint density at radius 1 is 0.269 bits per heavy atom. The summed E-state index contributed by atoms with van der Waals surface area (Å²) < 4.78 is 84.4. The van der Waals surface area contributed by atoms with E-state index in [1.54, 1.807) is 4.57 Å². The summed E-state index contributed by atoms with van der Waals surface area (Å²) in [4.78, 5) is 20.5. The van der Waals surface area contributed by atoms with Gasteiger partial charge in [0.15, 0.2) is 23.3 Å². The molecular weight excluding hydrogens is 1170 g/mol. The average Bonchev–Trinajstić information content (AvgIpc) is 1.60. The third kappa shape index (κ3) is 9.66. The third-order valence-electron chi connectivity index (χ3n) is 17.2. The molecule has 0 saturated heterocycles. The van der Waals surface area contributed by atoms with Crippen molar-refractivity contribution < 1.29 is 22.0 Å². The monoisotopic (exact) mass is 1210 g/mol. The number of rotatable bonds is 11. The first-order chi connectivity index (χ1) is 45.6. The van der Waals surface area contributed by atoms with Crippen molar-refractivity contribution in [3.05, 3.63) is 314 Å². The van der Waals surface area contributed by atoms with Gasteiger partial charge >= 0.3 is 0 Å². The summed E-state index contributed by atoms with van der Waals surface area (Å²) in [7, 11) is 0. The van der Waals surface area contributed by atoms with E-state index in [1.165, 1.54) is 12.1 Å². The molecule has 6 heterocycles. The van der Waals surface area contributed by atoms with Crippen molar-refractivity contribution in [2.45, 2.75) is 0 Å². The van der Waals surface area contributed by atoms with Crippen molar-refractivity contribution in [1.82, 2.24) is 29.1 Å². The summed E-state index contributed by atoms with van der Waals surface area (Å²) in [5.41, 5.74) is 13.0. The molecule has 7 nitrogen and oxygen atoms in total. The van der Waals surface area contributed by atoms with E-state index < -0.39 is 40.2 Å². The van der Waals surface area contributed by atoms with E-state index in [9.17, 15) is 5.26 Å². The molecule has 12 heteroatoms. The first-order valence-electron chi connectivity index (χ1n) is 30.0. The zero-order valence-electron chi connectivity index (χ0n) is 49.1. The van der Waals surface area contributed by atoms with Crippen molar-refractivity contribution in [2.75, 3.05) is 0 Å². The number of nitriles is 1. The smallest absolute Gasteiger partial charge is 0.200 e. The van der Waals surface area contributed by atoms with Gasteiger partial charge in [-0.3, -0.25) is 0 Å². The van der Waals surface area contributed by atoms with Crippen LogP contribution in [0.25, 0.3) is 156 Å². The van der Waals surface area contributed by atoms with E-state index in [1.807, 2.05) is 259 Å². The molecule has 0 amide bonds. The van der Waals surface area contributed by atoms with Gasteiger partial charge in [0.05, 0.1) is 84.6 Å². The Morgan fingerprint density at radius 3 is 0.849 bits per heavy atom. The lowest BCUT2D eigenvalue weighted by Gasteiger charge is -2.21. The van der Waals surface area contributed by atoms with Gasteiger partial charge in [-0.1, -0.05) is 170 Å². The summed E-state index contributed by atoms with van der Waals surface area (Å²) in [6.45, 7) is 0. The number of pyridine rings is 4. The van der Waals surface area contributed by atoms with Crippen LogP contribution >= 0.6 is 0 Å². The zero-order chi connectivity index (χ0) is 62.8. The minimum absolute atomic E-state index is 0.140. The first-order valence-corrected chi connectivity index (χ1v) is 30.0. The molecule has 0 fully saturated rings. The average molecular weight is 1210 g/mol. The molecule has 0 atom stereocenters. The molecule has 16 aromatic rings. The molecule has 0 unspecified atom stereocenters. The van der Waals surface area contributed by atoms with E-state index in [-0.39, 0.29) is 16.9 Å². The first kappa shape index (κ1) is 55.8. The van der Waals surface area contributed by atoms with Crippen molar-refractivity contribution in [1.29, 1.82) is 5.26 Å². The summed E-state index contributed by atoms with van der Waals surface area (Å²) in [5.74, 6) is -10.7. The van der Waals surface area contributed by atoms with Crippen LogP contribution in [0.5, 0.6) is 0 Å². The highest BCUT2D eigenvalue weighted by Crippen LogP contribution is 2.46. The molecule has 0 radical (unpaired) electrons. The van der Waals surface area contributed by atoms with Crippen molar-refractivity contribution in [3.63, 3.8) is 0 Å². The molecule has 0 aliphatic carbocycles. The standard InChI is InChI=1S/C81H46F5N7/c82-76-75(77(83)79(85)80(86)78(76)84)56-37-42-74(92-70-38-33-52(66-29-13-25-62(88-66)48-17-5-1-6-18-48)43-57(70)58-44-53(34-39-71(58)92)67-30-14-26-63(89-67)49-19-7-2-8-20-49)61(47-87)81(56)93-72-40-35-54(68-31-15-27-64(90-68)50-21-9-3-10-22-50)45-59(72)60-46-55(36-41-73(60)93)69-32-16-28-65(91-69)51-23-11-4-12-24-51/h1-46H. The summed E-state index contributed by atoms with van der Waals surface area (Å²) in [6, 6.07) is 91.2. The predicted molar refractivity (Wildman–Crippen MR) is 360 cm³/mol. The Labute approximate surface area is 529 Å². The minimum Gasteiger partial charge on any atom is -0.308 e. The van der Waals surface area contributed by atoms with E-state index in [2.05, 4.69) is 18.2 Å². The van der Waals surface area contributed by atoms with Crippen molar-refractivity contribution in [3.8, 4) is 119 Å². The lowest BCUT2D eigenvalue weighted by atomic mass is 9.96. The molecule has 93 heavy (non-hydrogen) atoms. The normalized spacial score (nSPS) is 11.5. The molecule has 440 valence electrons. The second-order valence-corrected chi connectivity index (χ2v) is 22.6. The quantitative estimate of drug-likeness (QED) is 0.0732. The van der Waals surface area contributed by atoms with Gasteiger partial charge in [-0.2, -0.15) is 5.26 Å². The number of hydrogen-bond acceptors (Lipinski definition) is 5. The van der Waals surface area contributed by atoms with Crippen LogP contribution in [-0.2, 0) is 0 Å². The minimum atomic E-state index is -2.31. The van der Waals surface area contributed by atoms with Crippen molar-refractivity contribution >= 4 is 43.6 Å². The number of halogens is 5. The van der Waals surface area contributed by atoms with E-state index in [0.29, 0.717) is 55.6 Å². The van der Waals surface area contributed by atoms with Gasteiger partial charge in [-0.25, -0.2) is 41.9 Å². The Kier molecular flexibility index (Phi) is 13.7. The van der Waals surface area contributed by atoms with Gasteiger partial charge in [0.2, 0.25) is 5.82 Å². The Hall–Kier alpha value is -12.5. The maximum absolute atomic E-state index is 16.9. The van der Waals surface area contributed by atoms with Crippen LogP contribution < -0.4 is 0 Å². The number of aromatic nitrogens is 6. The van der Waals surface area contributed by atoms with Crippen LogP contribution in [0.2, 0.25) is 0 Å². The van der Waals surface area contributed by atoms with Gasteiger partial charge in [-0.05, 0) is 109 Å². The molecule has 16 rings (SSSR count). The molecule has 0 saturated carbocycles. The second kappa shape index (κ2) is 22.8. The maximum atomic E-state index is 16.9. The molecule has 6 aromatic heterocycles. The van der Waals surface area contributed by atoms with Crippen LogP contribution in [0.3, 0.4) is 0 Å². The molecule has 0 spiro atoms. The molecule has 0 bridgehead atoms. The molecule has 0 aliphatic rings. The molecule has 0 aliphatic heterocycles. The maximum Gasteiger partial charge on any atom is 0.200 e. The van der Waals surface area contributed by atoms with Gasteiger partial charge in [0.1, 0.15) is 11.6 Å². The van der Waals surface area contributed by atoms with Crippen LogP contribution in [0.1, 0.15) is 5.56 Å². The summed E-state index contributed by atoms with van der Waals surface area (Å²) in [6.07, 6.45) is 0. The zero-order valence-corrected chi connectivity index (χ0v) is 49.1. The molecular formula is C81H46F5N7. The lowest BCUT2D eigenvalue weighted by molar-refractivity contribution is 0.381. The topological polar surface area (TPSA) is 85.2 Å². The number of nitrogens with zero attached hydrogens (tertiary/aromatic N) is 7. The number of benzene rings is 10. The van der Waals surface area contributed by atoms with Crippen LogP contribution in [0.15, 0.2) is 279 Å². The van der Waals surface area contributed by atoms with Gasteiger partial charge < -0.3 is 9.13 Å². The largest absolute Gasteiger partial charge is 0.308 e. The van der Waals surface area contributed by atoms with E-state index >= 15 is 22.0 Å². The fourth-order valence-corrected chi connectivity index (χ4v) is 12.8. The summed E-state index contributed by atoms with van der Waals surface area (Å²) in [5, 5.41) is 14.9. The Balaban J connectivity index is 0.974. The van der Waals surface area contributed by atoms with Crippen LogP contribution in [0, 0.1) is 40.4 Å². The Bertz CT molecular complexity index is 5400. The van der Waals surface area contributed by atoms with Crippen molar-refractivity contribution in [2.24, 2.45) is 0 Å². The lowest BCUT2D eigenvalue weighted by Crippen LogP contribution is -2.10. The van der Waals surface area contributed by atoms with Crippen LogP contribution in [0.4, 0.5) is 22.0 Å². The number of hydrogen-bond donors (Lipinski definition) is 0. The number of fused-ring (bicyclic) bond motifs is 6. The fraction of sp³-hybridized carbons (Fsp3) is 0. The van der Waals surface area contributed by atoms with Crippen LogP contribution in [-0.4, -0.2) is 29.1 Å². The van der Waals surface area contributed by atoms with E-state index in [0.717, 1.165) is 78.1 Å². The van der Waals surface area contributed by atoms with Gasteiger partial charge in [0, 0.05) is 71.6 Å². The molecule has 0 N–H and O–H groups in total. The summed E-state index contributed by atoms with van der Waals surface area (Å²) >= 11 is 0. The van der Waals surface area contributed by atoms with E-state index in [4.69, 9.17) is 19.9 Å². The Morgan fingerprint density at radius 2 is 0.548 bits per heavy atom. The van der Waals surface area contributed by atoms with Gasteiger partial charge in [-0.15, -0.1) is 0 Å². The fourth-order valence-electron chi connectivity index (χ4n) is 12.8.